The van der Waals surface area contributed by atoms with Gasteiger partial charge in [0.15, 0.2) is 24.0 Å². The van der Waals surface area contributed by atoms with Crippen molar-refractivity contribution < 1.29 is 59.1 Å². The van der Waals surface area contributed by atoms with Crippen LogP contribution in [0.25, 0.3) is 5.32 Å². The number of aliphatic imine (C=N–C) groups is 1. The number of nitrogens with one attached hydrogen (secondary N) is 1. The van der Waals surface area contributed by atoms with Crippen molar-refractivity contribution >= 4 is 12.2 Å². The molecule has 0 radical (unpaired) electrons. The van der Waals surface area contributed by atoms with Crippen molar-refractivity contribution in [2.24, 2.45) is 16.8 Å². The van der Waals surface area contributed by atoms with Crippen LogP contribution in [0.5, 0.6) is 0 Å². The first-order valence-corrected chi connectivity index (χ1v) is 15.4. The summed E-state index contributed by atoms with van der Waals surface area (Å²) in [5.41, 5.74) is -2.44. The molecule has 3 aliphatic heterocycles. The van der Waals surface area contributed by atoms with E-state index < -0.39 is 79.0 Å². The molecule has 3 heterocycles. The van der Waals surface area contributed by atoms with E-state index in [9.17, 15) is 35.4 Å². The SMILES string of the molecule is CNCCOC1CCC(C2CC(O)C3C(CC(O[C@H]4O[C@H](C(=O)O)[C@](O)(C[C+]5C=N[CH+][N-]5)[C@@H](O)[C@H]4O)C(OC)C3O)O2)CC1. The van der Waals surface area contributed by atoms with Gasteiger partial charge in [-0.15, -0.1) is 0 Å². The van der Waals surface area contributed by atoms with E-state index in [1.54, 1.807) is 0 Å². The number of aliphatic hydroxyl groups is 5. The number of carboxylic acids is 1. The number of ether oxygens (including phenoxy) is 5. The quantitative estimate of drug-likeness (QED) is 0.106. The largest absolute Gasteiger partial charge is 0.479 e. The van der Waals surface area contributed by atoms with Gasteiger partial charge in [0.2, 0.25) is 0 Å². The highest BCUT2D eigenvalue weighted by molar-refractivity contribution is 5.83. The molecule has 12 atom stereocenters. The predicted octanol–water partition coefficient (Wildman–Crippen LogP) is -1.16. The molecule has 0 bridgehead atoms. The van der Waals surface area contributed by atoms with Gasteiger partial charge in [-0.3, -0.25) is 5.32 Å². The Hall–Kier alpha value is -1.60. The third-order valence-corrected chi connectivity index (χ3v) is 9.83. The highest BCUT2D eigenvalue weighted by Gasteiger charge is 2.62. The summed E-state index contributed by atoms with van der Waals surface area (Å²) in [7, 11) is 3.25. The Bertz CT molecular complexity index is 985. The third-order valence-electron chi connectivity index (χ3n) is 9.83. The Balaban J connectivity index is 1.25. The normalized spacial score (nSPS) is 46.0. The van der Waals surface area contributed by atoms with Crippen molar-refractivity contribution in [1.82, 2.24) is 5.32 Å². The molecule has 15 heteroatoms. The number of aliphatic hydroxyl groups excluding tert-OH is 4. The molecule has 7 N–H and O–H groups in total. The molecule has 15 nitrogen and oxygen atoms in total. The van der Waals surface area contributed by atoms with Gasteiger partial charge >= 0.3 is 12.2 Å². The van der Waals surface area contributed by atoms with E-state index in [-0.39, 0.29) is 30.6 Å². The van der Waals surface area contributed by atoms with Crippen LogP contribution in [0, 0.1) is 24.5 Å². The minimum absolute atomic E-state index is 0.143. The summed E-state index contributed by atoms with van der Waals surface area (Å²) in [5.74, 6) is -2.02. The van der Waals surface area contributed by atoms with E-state index in [0.29, 0.717) is 13.0 Å². The van der Waals surface area contributed by atoms with Crippen molar-refractivity contribution in [3.8, 4) is 0 Å². The fourth-order valence-electron chi connectivity index (χ4n) is 7.49. The number of hydrogen-bond donors (Lipinski definition) is 7. The number of likely N-dealkylation sites (N-methyl/N-ethyl adjacent to an activating group) is 1. The van der Waals surface area contributed by atoms with Gasteiger partial charge in [-0.05, 0) is 38.6 Å². The molecule has 248 valence electrons. The summed E-state index contributed by atoms with van der Waals surface area (Å²) < 4.78 is 29.6. The number of fused-ring (bicyclic) bond motifs is 1. The fraction of sp³-hybridized carbons (Fsp3) is 0.862. The van der Waals surface area contributed by atoms with Crippen LogP contribution in [0.3, 0.4) is 0 Å². The number of carbonyl (C=O) groups is 1. The minimum Gasteiger partial charge on any atom is -0.479 e. The van der Waals surface area contributed by atoms with E-state index in [1.807, 2.05) is 7.05 Å². The maximum Gasteiger partial charge on any atom is 0.336 e. The first-order valence-electron chi connectivity index (χ1n) is 15.4. The Kier molecular flexibility index (Phi) is 11.1. The summed E-state index contributed by atoms with van der Waals surface area (Å²) in [6.45, 7) is 2.65. The molecule has 2 saturated heterocycles. The molecular formula is C29H46N3O12+. The first kappa shape index (κ1) is 33.8. The first-order chi connectivity index (χ1) is 21.1. The lowest BCUT2D eigenvalue weighted by Gasteiger charge is -2.52. The number of carboxylic acid groups (broad SMARTS) is 1. The molecule has 2 aliphatic carbocycles. The topological polar surface area (TPSA) is 223 Å². The molecule has 5 rings (SSSR count). The van der Waals surface area contributed by atoms with Crippen LogP contribution in [0.2, 0.25) is 0 Å². The Morgan fingerprint density at radius 1 is 1.14 bits per heavy atom. The summed E-state index contributed by atoms with van der Waals surface area (Å²) in [5, 5.41) is 72.5. The summed E-state index contributed by atoms with van der Waals surface area (Å²) in [4.78, 5) is 16.0. The van der Waals surface area contributed by atoms with Gasteiger partial charge in [0.1, 0.15) is 24.7 Å². The maximum absolute atomic E-state index is 12.2. The monoisotopic (exact) mass is 628 g/mol. The summed E-state index contributed by atoms with van der Waals surface area (Å²) in [6, 6.07) is 0.200. The van der Waals surface area contributed by atoms with Crippen LogP contribution in [0.4, 0.5) is 0 Å². The zero-order valence-corrected chi connectivity index (χ0v) is 25.1. The van der Waals surface area contributed by atoms with E-state index in [2.05, 4.69) is 15.6 Å². The van der Waals surface area contributed by atoms with Gasteiger partial charge in [0.25, 0.3) is 0 Å². The number of nitrogens with zero attached hydrogens (tertiary/aromatic N) is 2. The molecular weight excluding hydrogens is 582 g/mol. The van der Waals surface area contributed by atoms with Crippen LogP contribution in [0.15, 0.2) is 4.99 Å². The molecule has 2 saturated carbocycles. The van der Waals surface area contributed by atoms with Crippen molar-refractivity contribution in [2.45, 2.75) is 118 Å². The van der Waals surface area contributed by atoms with Crippen molar-refractivity contribution in [3.63, 3.8) is 0 Å². The molecule has 44 heavy (non-hydrogen) atoms. The van der Waals surface area contributed by atoms with Crippen LogP contribution < -0.4 is 5.32 Å². The molecule has 7 unspecified atom stereocenters. The molecule has 0 aromatic rings. The third kappa shape index (κ3) is 6.89. The standard InChI is InChI=1S/C29H45N3O12/c1-30-7-8-41-16-5-3-14(4-6-16)18-9-17(33)21-19(42-18)10-20(24(40-2)22(21)34)43-28-23(35)25(36)29(39,26(44-28)27(37)38)11-15-12-31-13-32-15/h12-14,16-26,28,30,33-36,39H,3-11H2,1-2H3/p+1/t14?,16?,17?,18?,19?,20?,21?,22?,23-,24?,25+,26-,28+,29+/m1/s1. The van der Waals surface area contributed by atoms with Crippen LogP contribution >= 0.6 is 0 Å². The number of aliphatic carboxylic acids is 1. The van der Waals surface area contributed by atoms with Gasteiger partial charge in [0.05, 0.1) is 49.9 Å². The second-order valence-electron chi connectivity index (χ2n) is 12.5. The Labute approximate surface area is 256 Å². The lowest BCUT2D eigenvalue weighted by Crippen LogP contribution is -2.70. The minimum atomic E-state index is -2.44. The van der Waals surface area contributed by atoms with Crippen molar-refractivity contribution in [2.75, 3.05) is 27.3 Å². The van der Waals surface area contributed by atoms with Crippen LogP contribution in [0.1, 0.15) is 44.9 Å². The molecule has 4 fully saturated rings. The van der Waals surface area contributed by atoms with Gasteiger partial charge in [-0.2, -0.15) is 0 Å². The van der Waals surface area contributed by atoms with Crippen LogP contribution in [-0.4, -0.2) is 143 Å². The second kappa shape index (κ2) is 14.4. The smallest absolute Gasteiger partial charge is 0.336 e. The van der Waals surface area contributed by atoms with Crippen LogP contribution in [-0.2, 0) is 28.5 Å². The van der Waals surface area contributed by atoms with Gasteiger partial charge in [-0.1, -0.05) is 4.99 Å². The summed E-state index contributed by atoms with van der Waals surface area (Å²) >= 11 is 0. The van der Waals surface area contributed by atoms with Crippen molar-refractivity contribution in [1.29, 1.82) is 0 Å². The van der Waals surface area contributed by atoms with Gasteiger partial charge < -0.3 is 59.6 Å². The number of rotatable bonds is 11. The van der Waals surface area contributed by atoms with E-state index in [1.165, 1.54) is 20.0 Å². The fourth-order valence-corrected chi connectivity index (χ4v) is 7.49. The molecule has 0 amide bonds. The second-order valence-corrected chi connectivity index (χ2v) is 12.5. The molecule has 5 aliphatic rings. The molecule has 0 aromatic heterocycles. The average molecular weight is 629 g/mol. The van der Waals surface area contributed by atoms with E-state index >= 15 is 0 Å². The number of methoxy groups -OCH3 is 1. The van der Waals surface area contributed by atoms with Gasteiger partial charge in [-0.25, -0.2) is 4.79 Å². The number of hydrogen-bond acceptors (Lipinski definition) is 13. The average Bonchev–Trinajstić information content (AvgIpc) is 3.50. The van der Waals surface area contributed by atoms with Gasteiger partial charge in [0, 0.05) is 32.4 Å². The van der Waals surface area contributed by atoms with E-state index in [4.69, 9.17) is 23.7 Å². The molecule has 0 aromatic carbocycles. The van der Waals surface area contributed by atoms with Crippen molar-refractivity contribution in [3.05, 3.63) is 18.0 Å². The maximum atomic E-state index is 12.2. The Morgan fingerprint density at radius 3 is 2.52 bits per heavy atom. The van der Waals surface area contributed by atoms with E-state index in [0.717, 1.165) is 32.2 Å². The predicted molar refractivity (Wildman–Crippen MR) is 152 cm³/mol. The lowest BCUT2D eigenvalue weighted by atomic mass is 9.71. The zero-order chi connectivity index (χ0) is 31.6. The zero-order valence-electron chi connectivity index (χ0n) is 25.1. The Morgan fingerprint density at radius 2 is 1.89 bits per heavy atom. The lowest BCUT2D eigenvalue weighted by molar-refractivity contribution is -0.346. The highest BCUT2D eigenvalue weighted by Crippen LogP contribution is 2.44. The summed E-state index contributed by atoms with van der Waals surface area (Å²) in [6.07, 6.45) is -7.24. The highest BCUT2D eigenvalue weighted by atomic mass is 16.7. The molecule has 0 spiro atoms.